The number of carbonyl (C=O) groups is 2. The van der Waals surface area contributed by atoms with Gasteiger partial charge in [-0.25, -0.2) is 4.79 Å². The maximum absolute atomic E-state index is 12.1. The fraction of sp³-hybridized carbons (Fsp3) is 0.867. The first kappa shape index (κ1) is 17.0. The van der Waals surface area contributed by atoms with Gasteiger partial charge in [0.05, 0.1) is 12.5 Å². The number of hydrogen-bond acceptors (Lipinski definition) is 4. The predicted molar refractivity (Wildman–Crippen MR) is 81.3 cm³/mol. The minimum Gasteiger partial charge on any atom is -0.359 e. The van der Waals surface area contributed by atoms with Crippen molar-refractivity contribution in [1.82, 2.24) is 15.5 Å². The summed E-state index contributed by atoms with van der Waals surface area (Å²) < 4.78 is 9.94. The van der Waals surface area contributed by atoms with Crippen LogP contribution in [0, 0.1) is 5.92 Å². The van der Waals surface area contributed by atoms with Crippen LogP contribution in [-0.4, -0.2) is 63.0 Å². The van der Waals surface area contributed by atoms with Crippen LogP contribution >= 0.6 is 0 Å². The zero-order chi connectivity index (χ0) is 15.8. The monoisotopic (exact) mass is 313 g/mol. The van der Waals surface area contributed by atoms with Crippen molar-refractivity contribution in [1.29, 1.82) is 0 Å². The highest BCUT2D eigenvalue weighted by Crippen LogP contribution is 2.22. The molecule has 1 saturated heterocycles. The molecule has 1 aliphatic carbocycles. The summed E-state index contributed by atoms with van der Waals surface area (Å²) in [7, 11) is 1.58. The molecule has 7 nitrogen and oxygen atoms in total. The van der Waals surface area contributed by atoms with Crippen LogP contribution in [0.3, 0.4) is 0 Å². The molecule has 2 fully saturated rings. The average molecular weight is 313 g/mol. The van der Waals surface area contributed by atoms with E-state index in [0.717, 1.165) is 38.6 Å². The quantitative estimate of drug-likeness (QED) is 0.510. The Balaban J connectivity index is 1.62. The third kappa shape index (κ3) is 5.81. The minimum atomic E-state index is -0.0873. The molecule has 0 aromatic rings. The molecule has 2 rings (SSSR count). The molecule has 3 amide bonds. The smallest absolute Gasteiger partial charge is 0.317 e. The second kappa shape index (κ2) is 8.95. The average Bonchev–Trinajstić information content (AvgIpc) is 3.34. The Labute approximate surface area is 131 Å². The molecule has 7 heteroatoms. The Morgan fingerprint density at radius 2 is 2.09 bits per heavy atom. The van der Waals surface area contributed by atoms with Gasteiger partial charge in [-0.2, -0.15) is 0 Å². The Kier molecular flexibility index (Phi) is 6.92. The molecule has 0 radical (unpaired) electrons. The van der Waals surface area contributed by atoms with Crippen LogP contribution in [0.25, 0.3) is 0 Å². The number of methoxy groups -OCH3 is 1. The summed E-state index contributed by atoms with van der Waals surface area (Å²) in [4.78, 5) is 25.9. The van der Waals surface area contributed by atoms with E-state index in [1.165, 1.54) is 0 Å². The molecule has 0 aromatic heterocycles. The number of rotatable bonds is 8. The van der Waals surface area contributed by atoms with Gasteiger partial charge in [-0.05, 0) is 32.1 Å². The number of carbonyl (C=O) groups excluding carboxylic acids is 2. The van der Waals surface area contributed by atoms with Crippen LogP contribution in [-0.2, 0) is 14.3 Å². The summed E-state index contributed by atoms with van der Waals surface area (Å²) in [6.07, 6.45) is 4.68. The zero-order valence-corrected chi connectivity index (χ0v) is 13.3. The van der Waals surface area contributed by atoms with E-state index in [4.69, 9.17) is 9.47 Å². The Hall–Kier alpha value is -1.34. The van der Waals surface area contributed by atoms with Crippen molar-refractivity contribution >= 4 is 11.9 Å². The number of piperidine rings is 1. The number of hydrogen-bond donors (Lipinski definition) is 2. The van der Waals surface area contributed by atoms with Gasteiger partial charge >= 0.3 is 6.03 Å². The van der Waals surface area contributed by atoms with Gasteiger partial charge in [-0.15, -0.1) is 0 Å². The molecule has 1 heterocycles. The van der Waals surface area contributed by atoms with E-state index in [9.17, 15) is 9.59 Å². The van der Waals surface area contributed by atoms with E-state index in [1.54, 1.807) is 12.0 Å². The van der Waals surface area contributed by atoms with Crippen LogP contribution in [0.1, 0.15) is 32.1 Å². The topological polar surface area (TPSA) is 79.9 Å². The summed E-state index contributed by atoms with van der Waals surface area (Å²) in [6.45, 7) is 2.64. The SMILES string of the molecule is COCOCCCNC(=O)N1CCCC(C(=O)NC2CC2)C1. The van der Waals surface area contributed by atoms with E-state index in [0.29, 0.717) is 25.7 Å². The van der Waals surface area contributed by atoms with Gasteiger partial charge in [0, 0.05) is 32.8 Å². The second-order valence-electron chi connectivity index (χ2n) is 5.97. The van der Waals surface area contributed by atoms with E-state index in [-0.39, 0.29) is 24.6 Å². The van der Waals surface area contributed by atoms with Gasteiger partial charge in [-0.1, -0.05) is 0 Å². The lowest BCUT2D eigenvalue weighted by Crippen LogP contribution is -2.49. The molecular weight excluding hydrogens is 286 g/mol. The van der Waals surface area contributed by atoms with Gasteiger partial charge in [0.2, 0.25) is 5.91 Å². The predicted octanol–water partition coefficient (Wildman–Crippen LogP) is 0.697. The molecule has 2 N–H and O–H groups in total. The first-order chi connectivity index (χ1) is 10.7. The lowest BCUT2D eigenvalue weighted by molar-refractivity contribution is -0.126. The number of ether oxygens (including phenoxy) is 2. The molecule has 0 bridgehead atoms. The molecule has 126 valence electrons. The normalized spacial score (nSPS) is 21.5. The fourth-order valence-corrected chi connectivity index (χ4v) is 2.55. The van der Waals surface area contributed by atoms with Crippen molar-refractivity contribution in [3.05, 3.63) is 0 Å². The first-order valence-corrected chi connectivity index (χ1v) is 8.10. The number of urea groups is 1. The van der Waals surface area contributed by atoms with Crippen LogP contribution in [0.2, 0.25) is 0 Å². The molecule has 1 unspecified atom stereocenters. The molecule has 22 heavy (non-hydrogen) atoms. The van der Waals surface area contributed by atoms with Gasteiger partial charge < -0.3 is 25.0 Å². The summed E-state index contributed by atoms with van der Waals surface area (Å²) in [5.41, 5.74) is 0. The third-order valence-corrected chi connectivity index (χ3v) is 3.95. The standard InChI is InChI=1S/C15H27N3O4/c1-21-11-22-9-3-7-16-15(20)18-8-2-4-12(10-18)14(19)17-13-5-6-13/h12-13H,2-11H2,1H3,(H,16,20)(H,17,19). The van der Waals surface area contributed by atoms with Gasteiger partial charge in [0.25, 0.3) is 0 Å². The van der Waals surface area contributed by atoms with E-state index < -0.39 is 0 Å². The number of nitrogens with zero attached hydrogens (tertiary/aromatic N) is 1. The van der Waals surface area contributed by atoms with Crippen molar-refractivity contribution in [2.75, 3.05) is 40.1 Å². The van der Waals surface area contributed by atoms with Crippen molar-refractivity contribution < 1.29 is 19.1 Å². The number of nitrogens with one attached hydrogen (secondary N) is 2. The lowest BCUT2D eigenvalue weighted by Gasteiger charge is -2.32. The van der Waals surface area contributed by atoms with Gasteiger partial charge in [-0.3, -0.25) is 4.79 Å². The third-order valence-electron chi connectivity index (χ3n) is 3.95. The van der Waals surface area contributed by atoms with E-state index >= 15 is 0 Å². The highest BCUT2D eigenvalue weighted by molar-refractivity contribution is 5.81. The van der Waals surface area contributed by atoms with Crippen LogP contribution < -0.4 is 10.6 Å². The van der Waals surface area contributed by atoms with Crippen molar-refractivity contribution in [3.63, 3.8) is 0 Å². The molecule has 1 saturated carbocycles. The summed E-state index contributed by atoms with van der Waals surface area (Å²) in [5.74, 6) is 0.0399. The summed E-state index contributed by atoms with van der Waals surface area (Å²) >= 11 is 0. The molecular formula is C15H27N3O4. The van der Waals surface area contributed by atoms with E-state index in [1.807, 2.05) is 0 Å². The van der Waals surface area contributed by atoms with E-state index in [2.05, 4.69) is 10.6 Å². The maximum Gasteiger partial charge on any atom is 0.317 e. The lowest BCUT2D eigenvalue weighted by atomic mass is 9.97. The van der Waals surface area contributed by atoms with Crippen molar-refractivity contribution in [2.24, 2.45) is 5.92 Å². The minimum absolute atomic E-state index is 0.0647. The molecule has 2 aliphatic rings. The summed E-state index contributed by atoms with van der Waals surface area (Å²) in [5, 5.41) is 5.91. The molecule has 1 atom stereocenters. The Morgan fingerprint density at radius 3 is 2.82 bits per heavy atom. The Bertz CT molecular complexity index is 374. The van der Waals surface area contributed by atoms with Crippen molar-refractivity contribution in [3.8, 4) is 0 Å². The summed E-state index contributed by atoms with van der Waals surface area (Å²) in [6, 6.07) is 0.291. The van der Waals surface area contributed by atoms with Crippen LogP contribution in [0.5, 0.6) is 0 Å². The Morgan fingerprint density at radius 1 is 1.27 bits per heavy atom. The van der Waals surface area contributed by atoms with Crippen LogP contribution in [0.4, 0.5) is 4.79 Å². The highest BCUT2D eigenvalue weighted by Gasteiger charge is 2.31. The maximum atomic E-state index is 12.1. The van der Waals surface area contributed by atoms with Crippen molar-refractivity contribution in [2.45, 2.75) is 38.1 Å². The molecule has 0 spiro atoms. The van der Waals surface area contributed by atoms with Gasteiger partial charge in [0.1, 0.15) is 6.79 Å². The largest absolute Gasteiger partial charge is 0.359 e. The zero-order valence-electron chi connectivity index (χ0n) is 13.3. The molecule has 0 aromatic carbocycles. The fourth-order valence-electron chi connectivity index (χ4n) is 2.55. The van der Waals surface area contributed by atoms with Gasteiger partial charge in [0.15, 0.2) is 0 Å². The highest BCUT2D eigenvalue weighted by atomic mass is 16.7. The second-order valence-corrected chi connectivity index (χ2v) is 5.97. The first-order valence-electron chi connectivity index (χ1n) is 8.10. The van der Waals surface area contributed by atoms with Crippen LogP contribution in [0.15, 0.2) is 0 Å². The number of amides is 3. The number of likely N-dealkylation sites (tertiary alicyclic amines) is 1. The molecule has 1 aliphatic heterocycles.